The summed E-state index contributed by atoms with van der Waals surface area (Å²) in [5.74, 6) is 0.964. The van der Waals surface area contributed by atoms with Gasteiger partial charge in [0.15, 0.2) is 0 Å². The number of aromatic nitrogens is 1. The Morgan fingerprint density at radius 3 is 2.89 bits per heavy atom. The van der Waals surface area contributed by atoms with Crippen LogP contribution in [0.1, 0.15) is 42.7 Å². The maximum atomic E-state index is 5.91. The van der Waals surface area contributed by atoms with Crippen molar-refractivity contribution < 1.29 is 9.26 Å². The lowest BCUT2D eigenvalue weighted by atomic mass is 9.90. The van der Waals surface area contributed by atoms with E-state index in [2.05, 4.69) is 10.1 Å². The fourth-order valence-electron chi connectivity index (χ4n) is 3.30. The highest BCUT2D eigenvalue weighted by atomic mass is 16.5. The maximum Gasteiger partial charge on any atom is 0.138 e. The van der Waals surface area contributed by atoms with Crippen LogP contribution in [0.4, 0.5) is 0 Å². The van der Waals surface area contributed by atoms with Crippen molar-refractivity contribution >= 4 is 0 Å². The lowest BCUT2D eigenvalue weighted by Gasteiger charge is -2.43. The summed E-state index contributed by atoms with van der Waals surface area (Å²) >= 11 is 0. The standard InChI is InChI=1S/C14H22N2O2/c1-10-12(11(2)18-15-10)9-16-7-8-17-14-6-4-3-5-13(14)16/h13-14H,3-9H2,1-2H3/t13-,14-/m0/s1. The summed E-state index contributed by atoms with van der Waals surface area (Å²) in [6.07, 6.45) is 5.60. The van der Waals surface area contributed by atoms with Gasteiger partial charge in [-0.15, -0.1) is 0 Å². The molecule has 2 aliphatic rings. The van der Waals surface area contributed by atoms with Crippen molar-refractivity contribution in [1.82, 2.24) is 10.1 Å². The Hall–Kier alpha value is -0.870. The molecular weight excluding hydrogens is 228 g/mol. The van der Waals surface area contributed by atoms with Gasteiger partial charge in [-0.3, -0.25) is 4.90 Å². The smallest absolute Gasteiger partial charge is 0.138 e. The summed E-state index contributed by atoms with van der Waals surface area (Å²) in [6, 6.07) is 0.598. The fraction of sp³-hybridized carbons (Fsp3) is 0.786. The Morgan fingerprint density at radius 2 is 2.11 bits per heavy atom. The van der Waals surface area contributed by atoms with Crippen molar-refractivity contribution in [3.63, 3.8) is 0 Å². The molecule has 4 heteroatoms. The van der Waals surface area contributed by atoms with Gasteiger partial charge in [0.05, 0.1) is 18.4 Å². The molecule has 2 heterocycles. The van der Waals surface area contributed by atoms with Crippen molar-refractivity contribution in [2.24, 2.45) is 0 Å². The molecule has 4 nitrogen and oxygen atoms in total. The maximum absolute atomic E-state index is 5.91. The SMILES string of the molecule is Cc1noc(C)c1CN1CCO[C@H]2CCCC[C@@H]21. The molecule has 1 aliphatic carbocycles. The zero-order chi connectivity index (χ0) is 12.5. The number of fused-ring (bicyclic) bond motifs is 1. The minimum absolute atomic E-state index is 0.452. The van der Waals surface area contributed by atoms with Gasteiger partial charge < -0.3 is 9.26 Å². The molecule has 18 heavy (non-hydrogen) atoms. The quantitative estimate of drug-likeness (QED) is 0.808. The minimum Gasteiger partial charge on any atom is -0.375 e. The molecule has 0 aromatic carbocycles. The largest absolute Gasteiger partial charge is 0.375 e. The van der Waals surface area contributed by atoms with Gasteiger partial charge in [-0.2, -0.15) is 0 Å². The average Bonchev–Trinajstić information content (AvgIpc) is 2.71. The summed E-state index contributed by atoms with van der Waals surface area (Å²) in [6.45, 7) is 6.90. The highest BCUT2D eigenvalue weighted by Crippen LogP contribution is 2.30. The Bertz CT molecular complexity index is 394. The van der Waals surface area contributed by atoms with Gasteiger partial charge in [-0.05, 0) is 26.7 Å². The Balaban J connectivity index is 1.75. The number of hydrogen-bond acceptors (Lipinski definition) is 4. The van der Waals surface area contributed by atoms with Crippen molar-refractivity contribution in [1.29, 1.82) is 0 Å². The molecule has 3 rings (SSSR count). The monoisotopic (exact) mass is 250 g/mol. The molecule has 2 atom stereocenters. The number of aryl methyl sites for hydroxylation is 2. The van der Waals surface area contributed by atoms with Gasteiger partial charge in [-0.1, -0.05) is 18.0 Å². The van der Waals surface area contributed by atoms with Gasteiger partial charge in [0.25, 0.3) is 0 Å². The third-order valence-corrected chi connectivity index (χ3v) is 4.39. The van der Waals surface area contributed by atoms with E-state index in [1.54, 1.807) is 0 Å². The van der Waals surface area contributed by atoms with Crippen LogP contribution in [0.15, 0.2) is 4.52 Å². The van der Waals surface area contributed by atoms with Crippen LogP contribution in [0.25, 0.3) is 0 Å². The van der Waals surface area contributed by atoms with Gasteiger partial charge in [0.2, 0.25) is 0 Å². The highest BCUT2D eigenvalue weighted by molar-refractivity contribution is 5.20. The molecule has 0 unspecified atom stereocenters. The third kappa shape index (κ3) is 2.19. The molecule has 2 fully saturated rings. The van der Waals surface area contributed by atoms with Crippen molar-refractivity contribution in [2.45, 2.75) is 58.2 Å². The first-order valence-electron chi connectivity index (χ1n) is 7.03. The Labute approximate surface area is 108 Å². The van der Waals surface area contributed by atoms with E-state index in [0.29, 0.717) is 12.1 Å². The van der Waals surface area contributed by atoms with E-state index < -0.39 is 0 Å². The lowest BCUT2D eigenvalue weighted by molar-refractivity contribution is -0.0912. The topological polar surface area (TPSA) is 38.5 Å². The summed E-state index contributed by atoms with van der Waals surface area (Å²) in [7, 11) is 0. The summed E-state index contributed by atoms with van der Waals surface area (Å²) in [5, 5.41) is 4.05. The molecule has 1 saturated carbocycles. The van der Waals surface area contributed by atoms with E-state index in [1.165, 1.54) is 31.2 Å². The van der Waals surface area contributed by atoms with E-state index in [9.17, 15) is 0 Å². The average molecular weight is 250 g/mol. The van der Waals surface area contributed by atoms with E-state index in [-0.39, 0.29) is 0 Å². The molecular formula is C14H22N2O2. The van der Waals surface area contributed by atoms with Crippen LogP contribution >= 0.6 is 0 Å². The lowest BCUT2D eigenvalue weighted by Crippen LogP contribution is -2.52. The van der Waals surface area contributed by atoms with Gasteiger partial charge in [0, 0.05) is 24.7 Å². The second-order valence-corrected chi connectivity index (χ2v) is 5.53. The number of hydrogen-bond donors (Lipinski definition) is 0. The van der Waals surface area contributed by atoms with Crippen LogP contribution < -0.4 is 0 Å². The molecule has 100 valence electrons. The van der Waals surface area contributed by atoms with Gasteiger partial charge in [0.1, 0.15) is 5.76 Å². The molecule has 0 amide bonds. The number of rotatable bonds is 2. The van der Waals surface area contributed by atoms with Crippen molar-refractivity contribution in [2.75, 3.05) is 13.2 Å². The summed E-state index contributed by atoms with van der Waals surface area (Å²) in [4.78, 5) is 2.57. The first kappa shape index (κ1) is 12.2. The molecule has 1 aliphatic heterocycles. The molecule has 0 N–H and O–H groups in total. The fourth-order valence-corrected chi connectivity index (χ4v) is 3.30. The van der Waals surface area contributed by atoms with Crippen LogP contribution in [-0.4, -0.2) is 35.4 Å². The zero-order valence-electron chi connectivity index (χ0n) is 11.3. The summed E-state index contributed by atoms with van der Waals surface area (Å²) in [5.41, 5.74) is 2.30. The highest BCUT2D eigenvalue weighted by Gasteiger charge is 2.34. The predicted octanol–water partition coefficient (Wildman–Crippen LogP) is 2.43. The zero-order valence-corrected chi connectivity index (χ0v) is 11.3. The Morgan fingerprint density at radius 1 is 1.28 bits per heavy atom. The van der Waals surface area contributed by atoms with Gasteiger partial charge in [-0.25, -0.2) is 0 Å². The van der Waals surface area contributed by atoms with E-state index >= 15 is 0 Å². The van der Waals surface area contributed by atoms with E-state index in [0.717, 1.165) is 31.2 Å². The van der Waals surface area contributed by atoms with Crippen molar-refractivity contribution in [3.8, 4) is 0 Å². The molecule has 0 radical (unpaired) electrons. The number of ether oxygens (including phenoxy) is 1. The Kier molecular flexibility index (Phi) is 3.39. The predicted molar refractivity (Wildman–Crippen MR) is 68.4 cm³/mol. The van der Waals surface area contributed by atoms with Crippen LogP contribution in [-0.2, 0) is 11.3 Å². The van der Waals surface area contributed by atoms with E-state index in [4.69, 9.17) is 9.26 Å². The number of morpholine rings is 1. The molecule has 1 aromatic heterocycles. The second-order valence-electron chi connectivity index (χ2n) is 5.53. The molecule has 1 saturated heterocycles. The third-order valence-electron chi connectivity index (χ3n) is 4.39. The van der Waals surface area contributed by atoms with Crippen LogP contribution in [0.3, 0.4) is 0 Å². The van der Waals surface area contributed by atoms with Gasteiger partial charge >= 0.3 is 0 Å². The molecule has 0 spiro atoms. The number of nitrogens with zero attached hydrogens (tertiary/aromatic N) is 2. The van der Waals surface area contributed by atoms with Crippen LogP contribution in [0.2, 0.25) is 0 Å². The van der Waals surface area contributed by atoms with Crippen LogP contribution in [0, 0.1) is 13.8 Å². The second kappa shape index (κ2) is 5.02. The minimum atomic E-state index is 0.452. The molecule has 1 aromatic rings. The first-order chi connectivity index (χ1) is 8.75. The summed E-state index contributed by atoms with van der Waals surface area (Å²) < 4.78 is 11.2. The van der Waals surface area contributed by atoms with Crippen LogP contribution in [0.5, 0.6) is 0 Å². The van der Waals surface area contributed by atoms with Crippen molar-refractivity contribution in [3.05, 3.63) is 17.0 Å². The normalized spacial score (nSPS) is 29.2. The first-order valence-corrected chi connectivity index (χ1v) is 7.03. The van der Waals surface area contributed by atoms with E-state index in [1.807, 2.05) is 13.8 Å². The molecule has 0 bridgehead atoms.